The second-order valence-electron chi connectivity index (χ2n) is 3.17. The van der Waals surface area contributed by atoms with Gasteiger partial charge in [-0.2, -0.15) is 0 Å². The third-order valence-electron chi connectivity index (χ3n) is 2.32. The lowest BCUT2D eigenvalue weighted by Gasteiger charge is -2.23. The zero-order valence-electron chi connectivity index (χ0n) is 7.12. The van der Waals surface area contributed by atoms with Gasteiger partial charge in [-0.05, 0) is 19.8 Å². The highest BCUT2D eigenvalue weighted by Gasteiger charge is 2.29. The van der Waals surface area contributed by atoms with E-state index in [-0.39, 0.29) is 23.5 Å². The number of hydrogen-bond donors (Lipinski definition) is 1. The molecule has 1 rings (SSSR count). The molecule has 2 unspecified atom stereocenters. The van der Waals surface area contributed by atoms with Gasteiger partial charge in [0, 0.05) is 5.92 Å². The van der Waals surface area contributed by atoms with Gasteiger partial charge in [0.1, 0.15) is 5.78 Å². The van der Waals surface area contributed by atoms with Crippen molar-refractivity contribution in [2.45, 2.75) is 19.8 Å². The Hall–Kier alpha value is -1.12. The van der Waals surface area contributed by atoms with Crippen LogP contribution < -0.4 is 5.73 Å². The summed E-state index contributed by atoms with van der Waals surface area (Å²) in [7, 11) is 0. The molecule has 3 nitrogen and oxygen atoms in total. The molecule has 66 valence electrons. The summed E-state index contributed by atoms with van der Waals surface area (Å²) in [4.78, 5) is 22.0. The molecule has 0 saturated heterocycles. The molecule has 0 saturated carbocycles. The van der Waals surface area contributed by atoms with Crippen LogP contribution >= 0.6 is 0 Å². The van der Waals surface area contributed by atoms with Gasteiger partial charge >= 0.3 is 0 Å². The van der Waals surface area contributed by atoms with Crippen molar-refractivity contribution >= 4 is 11.7 Å². The van der Waals surface area contributed by atoms with Crippen molar-refractivity contribution in [2.75, 3.05) is 0 Å². The van der Waals surface area contributed by atoms with E-state index >= 15 is 0 Å². The summed E-state index contributed by atoms with van der Waals surface area (Å²) in [5.74, 6) is -0.775. The Balaban J connectivity index is 2.76. The quantitative estimate of drug-likeness (QED) is 0.613. The van der Waals surface area contributed by atoms with Crippen LogP contribution in [0.5, 0.6) is 0 Å². The van der Waals surface area contributed by atoms with Crippen molar-refractivity contribution in [3.8, 4) is 0 Å². The number of Topliss-reactive ketones (excluding diaryl/α,β-unsaturated/α-hetero) is 1. The molecule has 0 aromatic rings. The molecule has 0 radical (unpaired) electrons. The maximum absolute atomic E-state index is 11.1. The molecule has 1 amide bonds. The first-order valence-corrected chi connectivity index (χ1v) is 4.07. The van der Waals surface area contributed by atoms with Crippen LogP contribution in [0.1, 0.15) is 19.8 Å². The zero-order valence-corrected chi connectivity index (χ0v) is 7.12. The highest BCUT2D eigenvalue weighted by molar-refractivity contribution is 5.87. The second-order valence-corrected chi connectivity index (χ2v) is 3.17. The molecular formula is C9H13NO2. The van der Waals surface area contributed by atoms with Gasteiger partial charge in [0.15, 0.2) is 0 Å². The van der Waals surface area contributed by atoms with Crippen molar-refractivity contribution in [1.29, 1.82) is 0 Å². The monoisotopic (exact) mass is 167 g/mol. The van der Waals surface area contributed by atoms with Gasteiger partial charge < -0.3 is 5.73 Å². The summed E-state index contributed by atoms with van der Waals surface area (Å²) in [6.07, 6.45) is 5.11. The number of hydrogen-bond acceptors (Lipinski definition) is 2. The fraction of sp³-hybridized carbons (Fsp3) is 0.556. The maximum atomic E-state index is 11.1. The fourth-order valence-electron chi connectivity index (χ4n) is 1.58. The standard InChI is InChI=1S/C9H13NO2/c1-6(11)7-4-2-3-5-8(7)9(10)12/h2-3,7-8H,4-5H2,1H3,(H2,10,12). The molecule has 0 aromatic heterocycles. The first-order valence-electron chi connectivity index (χ1n) is 4.07. The van der Waals surface area contributed by atoms with E-state index < -0.39 is 0 Å². The lowest BCUT2D eigenvalue weighted by atomic mass is 9.80. The lowest BCUT2D eigenvalue weighted by molar-refractivity contribution is -0.130. The SMILES string of the molecule is CC(=O)C1CC=CCC1C(N)=O. The third-order valence-corrected chi connectivity index (χ3v) is 2.32. The minimum atomic E-state index is -0.362. The van der Waals surface area contributed by atoms with Gasteiger partial charge in [-0.15, -0.1) is 0 Å². The summed E-state index contributed by atoms with van der Waals surface area (Å²) in [5, 5.41) is 0. The van der Waals surface area contributed by atoms with E-state index in [1.807, 2.05) is 12.2 Å². The first kappa shape index (κ1) is 8.97. The molecule has 1 aliphatic rings. The summed E-state index contributed by atoms with van der Waals surface area (Å²) in [5.41, 5.74) is 5.17. The average molecular weight is 167 g/mol. The van der Waals surface area contributed by atoms with E-state index in [1.165, 1.54) is 6.92 Å². The van der Waals surface area contributed by atoms with Gasteiger partial charge in [0.05, 0.1) is 5.92 Å². The van der Waals surface area contributed by atoms with E-state index in [4.69, 9.17) is 5.73 Å². The van der Waals surface area contributed by atoms with Crippen LogP contribution in [-0.2, 0) is 9.59 Å². The highest BCUT2D eigenvalue weighted by Crippen LogP contribution is 2.25. The normalized spacial score (nSPS) is 28.4. The predicted octanol–water partition coefficient (Wildman–Crippen LogP) is 0.643. The van der Waals surface area contributed by atoms with Gasteiger partial charge in [-0.25, -0.2) is 0 Å². The van der Waals surface area contributed by atoms with Crippen molar-refractivity contribution < 1.29 is 9.59 Å². The molecule has 0 heterocycles. The Bertz CT molecular complexity index is 209. The minimum Gasteiger partial charge on any atom is -0.369 e. The van der Waals surface area contributed by atoms with E-state index in [0.717, 1.165) is 0 Å². The number of carbonyl (C=O) groups is 2. The molecule has 1 aliphatic carbocycles. The Kier molecular flexibility index (Phi) is 2.63. The first-order chi connectivity index (χ1) is 5.63. The number of amides is 1. The Morgan fingerprint density at radius 3 is 2.08 bits per heavy atom. The number of ketones is 1. The van der Waals surface area contributed by atoms with E-state index in [1.54, 1.807) is 0 Å². The number of allylic oxidation sites excluding steroid dienone is 2. The Morgan fingerprint density at radius 2 is 1.75 bits per heavy atom. The number of carbonyl (C=O) groups excluding carboxylic acids is 2. The number of rotatable bonds is 2. The van der Waals surface area contributed by atoms with Crippen LogP contribution in [0.2, 0.25) is 0 Å². The van der Waals surface area contributed by atoms with Gasteiger partial charge in [0.2, 0.25) is 5.91 Å². The van der Waals surface area contributed by atoms with Gasteiger partial charge in [-0.3, -0.25) is 9.59 Å². The van der Waals surface area contributed by atoms with E-state index in [2.05, 4.69) is 0 Å². The van der Waals surface area contributed by atoms with Gasteiger partial charge in [0.25, 0.3) is 0 Å². The molecule has 0 aromatic carbocycles. The highest BCUT2D eigenvalue weighted by atomic mass is 16.1. The zero-order chi connectivity index (χ0) is 9.14. The molecule has 0 fully saturated rings. The minimum absolute atomic E-state index is 0.0585. The van der Waals surface area contributed by atoms with Crippen molar-refractivity contribution in [3.63, 3.8) is 0 Å². The summed E-state index contributed by atoms with van der Waals surface area (Å²) < 4.78 is 0. The molecule has 3 heteroatoms. The predicted molar refractivity (Wildman–Crippen MR) is 45.2 cm³/mol. The Labute approximate surface area is 71.6 Å². The van der Waals surface area contributed by atoms with Crippen molar-refractivity contribution in [3.05, 3.63) is 12.2 Å². The second kappa shape index (κ2) is 3.52. The lowest BCUT2D eigenvalue weighted by Crippen LogP contribution is -2.34. The van der Waals surface area contributed by atoms with Crippen molar-refractivity contribution in [2.24, 2.45) is 17.6 Å². The summed E-state index contributed by atoms with van der Waals surface area (Å²) in [6, 6.07) is 0. The van der Waals surface area contributed by atoms with E-state index in [9.17, 15) is 9.59 Å². The van der Waals surface area contributed by atoms with Crippen LogP contribution in [0.15, 0.2) is 12.2 Å². The van der Waals surface area contributed by atoms with Crippen LogP contribution in [0.25, 0.3) is 0 Å². The van der Waals surface area contributed by atoms with Crippen LogP contribution in [0.3, 0.4) is 0 Å². The smallest absolute Gasteiger partial charge is 0.221 e. The Morgan fingerprint density at radius 1 is 1.25 bits per heavy atom. The van der Waals surface area contributed by atoms with Crippen molar-refractivity contribution in [1.82, 2.24) is 0 Å². The molecule has 0 aliphatic heterocycles. The van der Waals surface area contributed by atoms with Crippen LogP contribution in [-0.4, -0.2) is 11.7 Å². The third kappa shape index (κ3) is 1.72. The molecule has 12 heavy (non-hydrogen) atoms. The molecule has 2 N–H and O–H groups in total. The maximum Gasteiger partial charge on any atom is 0.221 e. The molecular weight excluding hydrogens is 154 g/mol. The largest absolute Gasteiger partial charge is 0.369 e. The van der Waals surface area contributed by atoms with Crippen LogP contribution in [0.4, 0.5) is 0 Å². The molecule has 0 spiro atoms. The number of nitrogens with two attached hydrogens (primary N) is 1. The molecule has 2 atom stereocenters. The average Bonchev–Trinajstić information content (AvgIpc) is 2.04. The topological polar surface area (TPSA) is 60.2 Å². The fourth-order valence-corrected chi connectivity index (χ4v) is 1.58. The van der Waals surface area contributed by atoms with Crippen LogP contribution in [0, 0.1) is 11.8 Å². The summed E-state index contributed by atoms with van der Waals surface area (Å²) in [6.45, 7) is 1.51. The molecule has 0 bridgehead atoms. The van der Waals surface area contributed by atoms with E-state index in [0.29, 0.717) is 12.8 Å². The number of primary amides is 1. The van der Waals surface area contributed by atoms with Gasteiger partial charge in [-0.1, -0.05) is 12.2 Å². The summed E-state index contributed by atoms with van der Waals surface area (Å²) >= 11 is 0.